The Labute approximate surface area is 123 Å². The summed E-state index contributed by atoms with van der Waals surface area (Å²) in [6.07, 6.45) is 2.27. The summed E-state index contributed by atoms with van der Waals surface area (Å²) >= 11 is 3.21. The first-order valence-electron chi connectivity index (χ1n) is 7.05. The first-order valence-corrected chi connectivity index (χ1v) is 7.84. The van der Waals surface area contributed by atoms with Crippen molar-refractivity contribution >= 4 is 21.6 Å². The van der Waals surface area contributed by atoms with Crippen LogP contribution in [0.4, 0.5) is 10.1 Å². The van der Waals surface area contributed by atoms with E-state index in [2.05, 4.69) is 40.0 Å². The number of hydrogen-bond donors (Lipinski definition) is 1. The van der Waals surface area contributed by atoms with Gasteiger partial charge in [0, 0.05) is 24.8 Å². The van der Waals surface area contributed by atoms with Crippen molar-refractivity contribution in [2.24, 2.45) is 5.92 Å². The lowest BCUT2D eigenvalue weighted by Gasteiger charge is -2.29. The van der Waals surface area contributed by atoms with Crippen molar-refractivity contribution in [1.29, 1.82) is 0 Å². The molecule has 1 aliphatic heterocycles. The molecule has 2 nitrogen and oxygen atoms in total. The summed E-state index contributed by atoms with van der Waals surface area (Å²) in [5, 5.41) is 3.61. The number of nitrogens with one attached hydrogen (secondary N) is 1. The van der Waals surface area contributed by atoms with Crippen molar-refractivity contribution in [3.63, 3.8) is 0 Å². The zero-order valence-electron chi connectivity index (χ0n) is 11.6. The second-order valence-corrected chi connectivity index (χ2v) is 6.20. The van der Waals surface area contributed by atoms with E-state index in [4.69, 9.17) is 0 Å². The second kappa shape index (κ2) is 6.71. The number of anilines is 1. The number of benzene rings is 1. The van der Waals surface area contributed by atoms with Crippen LogP contribution in [-0.4, -0.2) is 25.7 Å². The molecule has 106 valence electrons. The zero-order chi connectivity index (χ0) is 13.8. The van der Waals surface area contributed by atoms with E-state index in [-0.39, 0.29) is 5.82 Å². The number of hydrogen-bond acceptors (Lipinski definition) is 2. The Balaban J connectivity index is 2.15. The van der Waals surface area contributed by atoms with E-state index in [9.17, 15) is 4.39 Å². The minimum Gasteiger partial charge on any atom is -0.370 e. The summed E-state index contributed by atoms with van der Waals surface area (Å²) in [6.45, 7) is 7.49. The van der Waals surface area contributed by atoms with Gasteiger partial charge >= 0.3 is 0 Å². The molecule has 0 saturated carbocycles. The highest BCUT2D eigenvalue weighted by Gasteiger charge is 2.22. The summed E-state index contributed by atoms with van der Waals surface area (Å²) in [5.41, 5.74) is 0.984. The molecule has 1 saturated heterocycles. The van der Waals surface area contributed by atoms with Crippen molar-refractivity contribution in [2.45, 2.75) is 32.7 Å². The monoisotopic (exact) mass is 328 g/mol. The maximum atomic E-state index is 13.7. The van der Waals surface area contributed by atoms with Crippen LogP contribution in [0.15, 0.2) is 22.7 Å². The van der Waals surface area contributed by atoms with Crippen molar-refractivity contribution in [3.8, 4) is 0 Å². The van der Waals surface area contributed by atoms with Crippen LogP contribution in [0.3, 0.4) is 0 Å². The molecule has 1 N–H and O–H groups in total. The first-order chi connectivity index (χ1) is 9.11. The molecule has 1 fully saturated rings. The molecule has 0 amide bonds. The van der Waals surface area contributed by atoms with Crippen LogP contribution in [-0.2, 0) is 0 Å². The van der Waals surface area contributed by atoms with Gasteiger partial charge in [-0.15, -0.1) is 0 Å². The van der Waals surface area contributed by atoms with Gasteiger partial charge in [-0.3, -0.25) is 0 Å². The van der Waals surface area contributed by atoms with E-state index in [0.717, 1.165) is 31.7 Å². The van der Waals surface area contributed by atoms with E-state index < -0.39 is 0 Å². The Hall–Kier alpha value is -0.610. The first kappa shape index (κ1) is 14.8. The van der Waals surface area contributed by atoms with Crippen LogP contribution in [0.1, 0.15) is 26.7 Å². The fourth-order valence-corrected chi connectivity index (χ4v) is 2.78. The molecule has 0 radical (unpaired) electrons. The standard InChI is InChI=1S/C15H22BrFN2/c1-3-11(2)15-10-19(8-4-7-18-15)12-5-6-13(16)14(17)9-12/h5-6,9,11,15,18H,3-4,7-8,10H2,1-2H3. The quantitative estimate of drug-likeness (QED) is 0.907. The van der Waals surface area contributed by atoms with Gasteiger partial charge in [-0.1, -0.05) is 20.3 Å². The highest BCUT2D eigenvalue weighted by molar-refractivity contribution is 9.10. The molecule has 1 aromatic rings. The predicted molar refractivity (Wildman–Crippen MR) is 82.2 cm³/mol. The molecule has 0 aromatic heterocycles. The van der Waals surface area contributed by atoms with Gasteiger partial charge in [0.15, 0.2) is 0 Å². The highest BCUT2D eigenvalue weighted by atomic mass is 79.9. The molecule has 4 heteroatoms. The Morgan fingerprint density at radius 2 is 2.32 bits per heavy atom. The average Bonchev–Trinajstić information content (AvgIpc) is 2.67. The highest BCUT2D eigenvalue weighted by Crippen LogP contribution is 2.24. The third-order valence-corrected chi connectivity index (χ3v) is 4.67. The Morgan fingerprint density at radius 3 is 3.00 bits per heavy atom. The lowest BCUT2D eigenvalue weighted by molar-refractivity contribution is 0.384. The van der Waals surface area contributed by atoms with Crippen LogP contribution < -0.4 is 10.2 Å². The Bertz CT molecular complexity index is 425. The maximum absolute atomic E-state index is 13.7. The van der Waals surface area contributed by atoms with Gasteiger partial charge in [0.25, 0.3) is 0 Å². The summed E-state index contributed by atoms with van der Waals surface area (Å²) in [7, 11) is 0. The van der Waals surface area contributed by atoms with E-state index >= 15 is 0 Å². The molecule has 0 aliphatic carbocycles. The van der Waals surface area contributed by atoms with Crippen LogP contribution >= 0.6 is 15.9 Å². The smallest absolute Gasteiger partial charge is 0.139 e. The van der Waals surface area contributed by atoms with Crippen LogP contribution in [0.2, 0.25) is 0 Å². The third-order valence-electron chi connectivity index (χ3n) is 4.03. The van der Waals surface area contributed by atoms with Crippen molar-refractivity contribution < 1.29 is 4.39 Å². The van der Waals surface area contributed by atoms with Gasteiger partial charge in [-0.2, -0.15) is 0 Å². The zero-order valence-corrected chi connectivity index (χ0v) is 13.2. The molecule has 1 heterocycles. The van der Waals surface area contributed by atoms with Crippen molar-refractivity contribution in [1.82, 2.24) is 5.32 Å². The number of halogens is 2. The minimum absolute atomic E-state index is 0.185. The number of nitrogens with zero attached hydrogens (tertiary/aromatic N) is 1. The summed E-state index contributed by atoms with van der Waals surface area (Å²) in [6, 6.07) is 5.90. The van der Waals surface area contributed by atoms with Crippen molar-refractivity contribution in [3.05, 3.63) is 28.5 Å². The second-order valence-electron chi connectivity index (χ2n) is 5.34. The molecule has 2 atom stereocenters. The lowest BCUT2D eigenvalue weighted by Crippen LogP contribution is -2.42. The largest absolute Gasteiger partial charge is 0.370 e. The molecule has 0 spiro atoms. The van der Waals surface area contributed by atoms with E-state index in [0.29, 0.717) is 16.4 Å². The molecular formula is C15H22BrFN2. The molecule has 1 aliphatic rings. The van der Waals surface area contributed by atoms with E-state index in [1.807, 2.05) is 6.07 Å². The summed E-state index contributed by atoms with van der Waals surface area (Å²) in [4.78, 5) is 2.30. The van der Waals surface area contributed by atoms with E-state index in [1.165, 1.54) is 6.42 Å². The maximum Gasteiger partial charge on any atom is 0.139 e. The van der Waals surface area contributed by atoms with Gasteiger partial charge in [-0.25, -0.2) is 4.39 Å². The Kier molecular flexibility index (Phi) is 5.22. The van der Waals surface area contributed by atoms with Crippen LogP contribution in [0.25, 0.3) is 0 Å². The predicted octanol–water partition coefficient (Wildman–Crippen LogP) is 3.80. The fourth-order valence-electron chi connectivity index (χ4n) is 2.53. The number of rotatable bonds is 3. The van der Waals surface area contributed by atoms with Gasteiger partial charge < -0.3 is 10.2 Å². The van der Waals surface area contributed by atoms with Gasteiger partial charge in [0.1, 0.15) is 5.82 Å². The van der Waals surface area contributed by atoms with Gasteiger partial charge in [0.05, 0.1) is 4.47 Å². The average molecular weight is 329 g/mol. The molecular weight excluding hydrogens is 307 g/mol. The minimum atomic E-state index is -0.185. The van der Waals surface area contributed by atoms with Crippen LogP contribution in [0, 0.1) is 11.7 Å². The van der Waals surface area contributed by atoms with Crippen LogP contribution in [0.5, 0.6) is 0 Å². The molecule has 2 rings (SSSR count). The molecule has 19 heavy (non-hydrogen) atoms. The topological polar surface area (TPSA) is 15.3 Å². The molecule has 2 unspecified atom stereocenters. The Morgan fingerprint density at radius 1 is 1.53 bits per heavy atom. The third kappa shape index (κ3) is 3.69. The SMILES string of the molecule is CCC(C)C1CN(c2ccc(Br)c(F)c2)CCCN1. The lowest BCUT2D eigenvalue weighted by atomic mass is 9.99. The summed E-state index contributed by atoms with van der Waals surface area (Å²) in [5.74, 6) is 0.454. The fraction of sp³-hybridized carbons (Fsp3) is 0.600. The molecule has 1 aromatic carbocycles. The van der Waals surface area contributed by atoms with Crippen molar-refractivity contribution in [2.75, 3.05) is 24.5 Å². The summed E-state index contributed by atoms with van der Waals surface area (Å²) < 4.78 is 14.2. The van der Waals surface area contributed by atoms with Gasteiger partial charge in [-0.05, 0) is 53.0 Å². The normalized spacial score (nSPS) is 22.1. The molecule has 0 bridgehead atoms. The van der Waals surface area contributed by atoms with E-state index in [1.54, 1.807) is 12.1 Å². The van der Waals surface area contributed by atoms with Gasteiger partial charge in [0.2, 0.25) is 0 Å².